The highest BCUT2D eigenvalue weighted by atomic mass is 16.5. The van der Waals surface area contributed by atoms with Gasteiger partial charge in [0.2, 0.25) is 5.82 Å². The lowest BCUT2D eigenvalue weighted by atomic mass is 10.0. The maximum Gasteiger partial charge on any atom is 0.306 e. The van der Waals surface area contributed by atoms with Gasteiger partial charge >= 0.3 is 5.97 Å². The molecule has 0 aliphatic heterocycles. The van der Waals surface area contributed by atoms with Crippen LogP contribution in [0.2, 0.25) is 0 Å². The van der Waals surface area contributed by atoms with Crippen molar-refractivity contribution in [3.63, 3.8) is 0 Å². The molecule has 0 spiro atoms. The Bertz CT molecular complexity index is 1470. The second kappa shape index (κ2) is 9.97. The average Bonchev–Trinajstić information content (AvgIpc) is 3.51. The van der Waals surface area contributed by atoms with Crippen molar-refractivity contribution in [1.29, 1.82) is 0 Å². The summed E-state index contributed by atoms with van der Waals surface area (Å²) in [4.78, 5) is 16.3. The van der Waals surface area contributed by atoms with Crippen LogP contribution in [0.3, 0.4) is 0 Å². The Balaban J connectivity index is 1.33. The standard InChI is InChI=1S/C29H27N3O3/c1-3-34-27(33)14-10-21-9-12-25(20(2)17-21)28-30-29(35-31-28)24-11-13-26-23(18-24)15-16-32(26)19-22-7-5-4-6-8-22/h4-9,11-13,15-18H,3,10,14,19H2,1-2H3. The van der Waals surface area contributed by atoms with E-state index in [0.717, 1.165) is 39.7 Å². The van der Waals surface area contributed by atoms with E-state index in [4.69, 9.17) is 9.26 Å². The van der Waals surface area contributed by atoms with Crippen LogP contribution in [-0.4, -0.2) is 27.3 Å². The maximum absolute atomic E-state index is 11.6. The minimum Gasteiger partial charge on any atom is -0.466 e. The van der Waals surface area contributed by atoms with Crippen molar-refractivity contribution < 1.29 is 14.1 Å². The Labute approximate surface area is 204 Å². The van der Waals surface area contributed by atoms with Crippen molar-refractivity contribution in [2.45, 2.75) is 33.2 Å². The van der Waals surface area contributed by atoms with E-state index in [1.165, 1.54) is 5.56 Å². The number of carbonyl (C=O) groups is 1. The van der Waals surface area contributed by atoms with Crippen LogP contribution in [0.1, 0.15) is 30.0 Å². The van der Waals surface area contributed by atoms with Gasteiger partial charge in [-0.25, -0.2) is 0 Å². The fourth-order valence-corrected chi connectivity index (χ4v) is 4.31. The lowest BCUT2D eigenvalue weighted by Crippen LogP contribution is -2.05. The van der Waals surface area contributed by atoms with Gasteiger partial charge in [0.05, 0.1) is 6.61 Å². The monoisotopic (exact) mass is 465 g/mol. The van der Waals surface area contributed by atoms with Gasteiger partial charge in [-0.15, -0.1) is 0 Å². The summed E-state index contributed by atoms with van der Waals surface area (Å²) in [6.07, 6.45) is 3.11. The topological polar surface area (TPSA) is 70.2 Å². The number of hydrogen-bond acceptors (Lipinski definition) is 5. The molecule has 0 radical (unpaired) electrons. The van der Waals surface area contributed by atoms with Crippen molar-refractivity contribution in [2.24, 2.45) is 0 Å². The Morgan fingerprint density at radius 3 is 2.66 bits per heavy atom. The fraction of sp³-hybridized carbons (Fsp3) is 0.207. The van der Waals surface area contributed by atoms with Gasteiger partial charge in [-0.1, -0.05) is 53.7 Å². The van der Waals surface area contributed by atoms with Crippen LogP contribution >= 0.6 is 0 Å². The largest absolute Gasteiger partial charge is 0.466 e. The molecule has 0 N–H and O–H groups in total. The zero-order chi connectivity index (χ0) is 24.2. The summed E-state index contributed by atoms with van der Waals surface area (Å²) in [5.41, 5.74) is 6.33. The molecular weight excluding hydrogens is 438 g/mol. The Morgan fingerprint density at radius 2 is 1.86 bits per heavy atom. The van der Waals surface area contributed by atoms with Gasteiger partial charge in [-0.3, -0.25) is 4.79 Å². The van der Waals surface area contributed by atoms with Crippen molar-refractivity contribution in [3.05, 3.63) is 95.7 Å². The third kappa shape index (κ3) is 5.01. The Morgan fingerprint density at radius 1 is 1.00 bits per heavy atom. The molecule has 2 heterocycles. The molecule has 5 aromatic rings. The molecule has 0 aliphatic rings. The Hall–Kier alpha value is -4.19. The van der Waals surface area contributed by atoms with Crippen LogP contribution in [0.5, 0.6) is 0 Å². The van der Waals surface area contributed by atoms with Crippen LogP contribution in [0, 0.1) is 6.92 Å². The number of esters is 1. The van der Waals surface area contributed by atoms with E-state index in [9.17, 15) is 4.79 Å². The van der Waals surface area contributed by atoms with Gasteiger partial charge in [0.25, 0.3) is 5.89 Å². The van der Waals surface area contributed by atoms with Crippen LogP contribution < -0.4 is 0 Å². The van der Waals surface area contributed by atoms with Crippen molar-refractivity contribution in [1.82, 2.24) is 14.7 Å². The summed E-state index contributed by atoms with van der Waals surface area (Å²) >= 11 is 0. The number of nitrogens with zero attached hydrogens (tertiary/aromatic N) is 3. The lowest BCUT2D eigenvalue weighted by Gasteiger charge is -2.06. The lowest BCUT2D eigenvalue weighted by molar-refractivity contribution is -0.143. The van der Waals surface area contributed by atoms with E-state index in [-0.39, 0.29) is 5.97 Å². The predicted molar refractivity (Wildman–Crippen MR) is 136 cm³/mol. The van der Waals surface area contributed by atoms with Crippen LogP contribution in [0.25, 0.3) is 33.7 Å². The number of rotatable bonds is 8. The first-order chi connectivity index (χ1) is 17.1. The summed E-state index contributed by atoms with van der Waals surface area (Å²) in [5.74, 6) is 0.865. The second-order valence-electron chi connectivity index (χ2n) is 8.58. The van der Waals surface area contributed by atoms with Crippen LogP contribution in [0.15, 0.2) is 83.5 Å². The highest BCUT2D eigenvalue weighted by Gasteiger charge is 2.14. The van der Waals surface area contributed by atoms with E-state index >= 15 is 0 Å². The second-order valence-corrected chi connectivity index (χ2v) is 8.58. The van der Waals surface area contributed by atoms with Crippen LogP contribution in [0.4, 0.5) is 0 Å². The number of ether oxygens (including phenoxy) is 1. The SMILES string of the molecule is CCOC(=O)CCc1ccc(-c2noc(-c3ccc4c(ccn4Cc4ccccc4)c3)n2)c(C)c1. The molecule has 0 bridgehead atoms. The quantitative estimate of drug-likeness (QED) is 0.255. The molecule has 0 saturated heterocycles. The van der Waals surface area contributed by atoms with Crippen LogP contribution in [-0.2, 0) is 22.5 Å². The molecule has 0 atom stereocenters. The molecule has 0 saturated carbocycles. The number of carbonyl (C=O) groups excluding carboxylic acids is 1. The third-order valence-electron chi connectivity index (χ3n) is 6.09. The molecule has 176 valence electrons. The smallest absolute Gasteiger partial charge is 0.306 e. The summed E-state index contributed by atoms with van der Waals surface area (Å²) in [7, 11) is 0. The highest BCUT2D eigenvalue weighted by Crippen LogP contribution is 2.28. The van der Waals surface area contributed by atoms with E-state index in [0.29, 0.717) is 31.2 Å². The molecule has 5 rings (SSSR count). The van der Waals surface area contributed by atoms with E-state index in [1.54, 1.807) is 0 Å². The van der Waals surface area contributed by atoms with E-state index in [2.05, 4.69) is 69.4 Å². The average molecular weight is 466 g/mol. The number of fused-ring (bicyclic) bond motifs is 1. The highest BCUT2D eigenvalue weighted by molar-refractivity contribution is 5.84. The molecule has 3 aromatic carbocycles. The Kier molecular flexibility index (Phi) is 6.44. The van der Waals surface area contributed by atoms with Gasteiger partial charge in [-0.2, -0.15) is 4.98 Å². The molecule has 0 aliphatic carbocycles. The van der Waals surface area contributed by atoms with Gasteiger partial charge in [-0.05, 0) is 61.2 Å². The number of aromatic nitrogens is 3. The molecule has 0 unspecified atom stereocenters. The minimum absolute atomic E-state index is 0.176. The molecular formula is C29H27N3O3. The van der Waals surface area contributed by atoms with Gasteiger partial charge in [0.15, 0.2) is 0 Å². The fourth-order valence-electron chi connectivity index (χ4n) is 4.31. The van der Waals surface area contributed by atoms with Gasteiger partial charge < -0.3 is 13.8 Å². The van der Waals surface area contributed by atoms with Crippen molar-refractivity contribution in [2.75, 3.05) is 6.61 Å². The van der Waals surface area contributed by atoms with E-state index < -0.39 is 0 Å². The number of hydrogen-bond donors (Lipinski definition) is 0. The van der Waals surface area contributed by atoms with E-state index in [1.807, 2.05) is 38.1 Å². The molecule has 6 heteroatoms. The first-order valence-electron chi connectivity index (χ1n) is 11.8. The summed E-state index contributed by atoms with van der Waals surface area (Å²) in [5, 5.41) is 5.35. The summed E-state index contributed by atoms with van der Waals surface area (Å²) in [6, 6.07) is 24.8. The molecule has 6 nitrogen and oxygen atoms in total. The number of aryl methyl sites for hydroxylation is 2. The summed E-state index contributed by atoms with van der Waals surface area (Å²) in [6.45, 7) is 5.06. The molecule has 35 heavy (non-hydrogen) atoms. The zero-order valence-electron chi connectivity index (χ0n) is 19.9. The maximum atomic E-state index is 11.6. The predicted octanol–water partition coefficient (Wildman–Crippen LogP) is 6.21. The minimum atomic E-state index is -0.176. The first-order valence-corrected chi connectivity index (χ1v) is 11.8. The zero-order valence-corrected chi connectivity index (χ0v) is 19.9. The normalized spacial score (nSPS) is 11.1. The van der Waals surface area contributed by atoms with Gasteiger partial charge in [0.1, 0.15) is 0 Å². The first kappa shape index (κ1) is 22.6. The molecule has 0 fully saturated rings. The van der Waals surface area contributed by atoms with Gasteiger partial charge in [0, 0.05) is 41.2 Å². The van der Waals surface area contributed by atoms with Crippen molar-refractivity contribution >= 4 is 16.9 Å². The molecule has 0 amide bonds. The molecule has 2 aromatic heterocycles. The summed E-state index contributed by atoms with van der Waals surface area (Å²) < 4.78 is 12.9. The number of benzene rings is 3. The third-order valence-corrected chi connectivity index (χ3v) is 6.09. The van der Waals surface area contributed by atoms with Crippen molar-refractivity contribution in [3.8, 4) is 22.8 Å².